The number of esters is 1. The van der Waals surface area contributed by atoms with Crippen molar-refractivity contribution in [1.82, 2.24) is 4.90 Å². The van der Waals surface area contributed by atoms with Crippen LogP contribution in [0.3, 0.4) is 0 Å². The highest BCUT2D eigenvalue weighted by Crippen LogP contribution is 2.54. The summed E-state index contributed by atoms with van der Waals surface area (Å²) < 4.78 is 5.80. The van der Waals surface area contributed by atoms with Crippen LogP contribution in [0, 0.1) is 5.92 Å². The molecule has 0 spiro atoms. The van der Waals surface area contributed by atoms with Crippen LogP contribution in [0.5, 0.6) is 0 Å². The van der Waals surface area contributed by atoms with Crippen molar-refractivity contribution in [1.29, 1.82) is 0 Å². The molecule has 2 aromatic carbocycles. The van der Waals surface area contributed by atoms with Crippen LogP contribution in [0.2, 0.25) is 0 Å². The minimum absolute atomic E-state index is 0.0636. The molecule has 0 aromatic heterocycles. The second-order valence-corrected chi connectivity index (χ2v) is 9.41. The van der Waals surface area contributed by atoms with Gasteiger partial charge in [0, 0.05) is 12.6 Å². The van der Waals surface area contributed by atoms with Crippen LogP contribution < -0.4 is 0 Å². The molecule has 1 N–H and O–H groups in total. The number of rotatable bonds is 4. The van der Waals surface area contributed by atoms with Crippen LogP contribution in [0.25, 0.3) is 0 Å². The van der Waals surface area contributed by atoms with Gasteiger partial charge in [0.1, 0.15) is 5.60 Å². The normalized spacial score (nSPS) is 29.6. The molecule has 2 heterocycles. The number of hydrogen-bond acceptors (Lipinski definition) is 4. The molecule has 29 heavy (non-hydrogen) atoms. The summed E-state index contributed by atoms with van der Waals surface area (Å²) in [6, 6.07) is 20.6. The average molecular weight is 394 g/mol. The van der Waals surface area contributed by atoms with Gasteiger partial charge in [-0.05, 0) is 51.2 Å². The topological polar surface area (TPSA) is 49.8 Å². The number of carbonyl (C=O) groups is 1. The standard InChI is InChI=1S/C25H31NO3/c1-24(2,3)29-23(28)20-16-25(19-12-8-5-9-13-19)22(27)15-14-21(20)26(25)17-18-10-6-4-7-11-18/h4-13,20-22,27H,14-17H2,1-3H3/t20-,21-,22-,25+/m0/s1. The molecule has 2 fully saturated rings. The van der Waals surface area contributed by atoms with Gasteiger partial charge in [-0.3, -0.25) is 9.69 Å². The number of nitrogens with zero attached hydrogens (tertiary/aromatic N) is 1. The highest BCUT2D eigenvalue weighted by atomic mass is 16.6. The predicted molar refractivity (Wildman–Crippen MR) is 113 cm³/mol. The Morgan fingerprint density at radius 3 is 2.31 bits per heavy atom. The highest BCUT2D eigenvalue weighted by Gasteiger charge is 2.61. The largest absolute Gasteiger partial charge is 0.460 e. The van der Waals surface area contributed by atoms with Gasteiger partial charge in [-0.25, -0.2) is 0 Å². The average Bonchev–Trinajstić information content (AvgIpc) is 2.92. The van der Waals surface area contributed by atoms with E-state index >= 15 is 0 Å². The molecule has 2 bridgehead atoms. The quantitative estimate of drug-likeness (QED) is 0.788. The zero-order chi connectivity index (χ0) is 20.6. The fourth-order valence-electron chi connectivity index (χ4n) is 5.21. The minimum Gasteiger partial charge on any atom is -0.460 e. The molecule has 0 amide bonds. The van der Waals surface area contributed by atoms with Crippen LogP contribution in [0.1, 0.15) is 51.2 Å². The Morgan fingerprint density at radius 2 is 1.69 bits per heavy atom. The molecule has 0 aliphatic carbocycles. The van der Waals surface area contributed by atoms with Gasteiger partial charge < -0.3 is 9.84 Å². The first-order valence-electron chi connectivity index (χ1n) is 10.6. The molecule has 2 aliphatic heterocycles. The molecule has 4 nitrogen and oxygen atoms in total. The van der Waals surface area contributed by atoms with Crippen LogP contribution in [0.4, 0.5) is 0 Å². The number of hydrogen-bond donors (Lipinski definition) is 1. The van der Waals surface area contributed by atoms with E-state index in [-0.39, 0.29) is 17.9 Å². The summed E-state index contributed by atoms with van der Waals surface area (Å²) in [5.74, 6) is -0.386. The predicted octanol–water partition coefficient (Wildman–Crippen LogP) is 4.27. The molecule has 4 atom stereocenters. The Balaban J connectivity index is 1.76. The van der Waals surface area contributed by atoms with Crippen LogP contribution in [0.15, 0.2) is 60.7 Å². The maximum atomic E-state index is 13.2. The third-order valence-electron chi connectivity index (χ3n) is 6.37. The van der Waals surface area contributed by atoms with E-state index in [1.54, 1.807) is 0 Å². The summed E-state index contributed by atoms with van der Waals surface area (Å²) in [5.41, 5.74) is 1.19. The number of fused-ring (bicyclic) bond motifs is 2. The molecule has 2 saturated heterocycles. The molecule has 0 saturated carbocycles. The highest BCUT2D eigenvalue weighted by molar-refractivity contribution is 5.75. The van der Waals surface area contributed by atoms with Crippen molar-refractivity contribution >= 4 is 5.97 Å². The van der Waals surface area contributed by atoms with Gasteiger partial charge in [-0.1, -0.05) is 60.7 Å². The lowest BCUT2D eigenvalue weighted by molar-refractivity contribution is -0.161. The van der Waals surface area contributed by atoms with E-state index in [1.165, 1.54) is 5.56 Å². The van der Waals surface area contributed by atoms with Crippen LogP contribution in [-0.2, 0) is 21.6 Å². The molecule has 0 radical (unpaired) electrons. The molecule has 154 valence electrons. The number of aliphatic hydroxyl groups is 1. The van der Waals surface area contributed by atoms with E-state index in [1.807, 2.05) is 57.2 Å². The first-order valence-corrected chi connectivity index (χ1v) is 10.6. The number of ether oxygens (including phenoxy) is 1. The van der Waals surface area contributed by atoms with E-state index in [9.17, 15) is 9.90 Å². The number of benzene rings is 2. The number of carbonyl (C=O) groups excluding carboxylic acids is 1. The fourth-order valence-corrected chi connectivity index (χ4v) is 5.21. The van der Waals surface area contributed by atoms with E-state index in [0.717, 1.165) is 12.0 Å². The van der Waals surface area contributed by atoms with Crippen molar-refractivity contribution in [3.05, 3.63) is 71.8 Å². The summed E-state index contributed by atoms with van der Waals surface area (Å²) in [6.07, 6.45) is 1.57. The molecular weight excluding hydrogens is 362 g/mol. The Kier molecular flexibility index (Phi) is 5.26. The lowest BCUT2D eigenvalue weighted by atomic mass is 9.78. The smallest absolute Gasteiger partial charge is 0.311 e. The zero-order valence-corrected chi connectivity index (χ0v) is 17.5. The van der Waals surface area contributed by atoms with Gasteiger partial charge in [0.05, 0.1) is 17.6 Å². The van der Waals surface area contributed by atoms with Crippen molar-refractivity contribution in [2.75, 3.05) is 0 Å². The van der Waals surface area contributed by atoms with Crippen molar-refractivity contribution < 1.29 is 14.6 Å². The Morgan fingerprint density at radius 1 is 1.07 bits per heavy atom. The van der Waals surface area contributed by atoms with E-state index < -0.39 is 17.2 Å². The SMILES string of the molecule is CC(C)(C)OC(=O)[C@H]1C[C@@]2(c3ccccc3)[C@@H](O)CC[C@@H]1N2Cc1ccccc1. The third kappa shape index (κ3) is 3.72. The second-order valence-electron chi connectivity index (χ2n) is 9.41. The lowest BCUT2D eigenvalue weighted by Gasteiger charge is -2.48. The Bertz CT molecular complexity index is 845. The Hall–Kier alpha value is -2.17. The van der Waals surface area contributed by atoms with Gasteiger partial charge >= 0.3 is 5.97 Å². The summed E-state index contributed by atoms with van der Waals surface area (Å²) in [5, 5.41) is 11.3. The van der Waals surface area contributed by atoms with E-state index in [4.69, 9.17) is 4.74 Å². The summed E-state index contributed by atoms with van der Waals surface area (Å²) in [4.78, 5) is 15.5. The van der Waals surface area contributed by atoms with E-state index in [0.29, 0.717) is 19.4 Å². The minimum atomic E-state index is -0.568. The van der Waals surface area contributed by atoms with Crippen molar-refractivity contribution in [3.8, 4) is 0 Å². The first-order chi connectivity index (χ1) is 13.8. The maximum absolute atomic E-state index is 13.2. The van der Waals surface area contributed by atoms with Crippen molar-refractivity contribution in [2.24, 2.45) is 5.92 Å². The fraction of sp³-hybridized carbons (Fsp3) is 0.480. The molecule has 2 aromatic rings. The molecule has 4 rings (SSSR count). The summed E-state index contributed by atoms with van der Waals surface area (Å²) >= 11 is 0. The lowest BCUT2D eigenvalue weighted by Crippen LogP contribution is -2.55. The van der Waals surface area contributed by atoms with Gasteiger partial charge in [-0.2, -0.15) is 0 Å². The molecule has 4 heteroatoms. The third-order valence-corrected chi connectivity index (χ3v) is 6.37. The van der Waals surface area contributed by atoms with Gasteiger partial charge in [0.25, 0.3) is 0 Å². The van der Waals surface area contributed by atoms with Gasteiger partial charge in [0.15, 0.2) is 0 Å². The Labute approximate surface area is 173 Å². The monoisotopic (exact) mass is 393 g/mol. The van der Waals surface area contributed by atoms with Crippen molar-refractivity contribution in [2.45, 2.75) is 69.9 Å². The van der Waals surface area contributed by atoms with E-state index in [2.05, 4.69) is 29.2 Å². The number of piperidine rings is 1. The van der Waals surface area contributed by atoms with Gasteiger partial charge in [0.2, 0.25) is 0 Å². The summed E-state index contributed by atoms with van der Waals surface area (Å²) in [7, 11) is 0. The van der Waals surface area contributed by atoms with Gasteiger partial charge in [-0.15, -0.1) is 0 Å². The first kappa shape index (κ1) is 20.1. The van der Waals surface area contributed by atoms with Crippen LogP contribution >= 0.6 is 0 Å². The zero-order valence-electron chi connectivity index (χ0n) is 17.5. The number of aliphatic hydroxyl groups excluding tert-OH is 1. The van der Waals surface area contributed by atoms with Crippen molar-refractivity contribution in [3.63, 3.8) is 0 Å². The maximum Gasteiger partial charge on any atom is 0.311 e. The molecule has 0 unspecified atom stereocenters. The van der Waals surface area contributed by atoms with Crippen LogP contribution in [-0.4, -0.2) is 33.7 Å². The second kappa shape index (κ2) is 7.58. The summed E-state index contributed by atoms with van der Waals surface area (Å²) in [6.45, 7) is 6.44. The molecule has 2 aliphatic rings. The molecular formula is C25H31NO3.